The molecule has 5 atom stereocenters. The molecular formula is C22H34OSi. The van der Waals surface area contributed by atoms with Crippen molar-refractivity contribution >= 4 is 8.32 Å². The summed E-state index contributed by atoms with van der Waals surface area (Å²) in [6.07, 6.45) is 16.2. The van der Waals surface area contributed by atoms with E-state index in [0.717, 1.165) is 12.0 Å². The van der Waals surface area contributed by atoms with Gasteiger partial charge in [-0.2, -0.15) is 0 Å². The van der Waals surface area contributed by atoms with E-state index in [0.29, 0.717) is 22.0 Å². The van der Waals surface area contributed by atoms with E-state index in [1.54, 1.807) is 5.57 Å². The van der Waals surface area contributed by atoms with Crippen LogP contribution in [0.25, 0.3) is 0 Å². The number of terminal acetylenes is 1. The average Bonchev–Trinajstić information content (AvgIpc) is 3.16. The maximum atomic E-state index is 6.88. The number of fused-ring (bicyclic) bond motifs is 3. The summed E-state index contributed by atoms with van der Waals surface area (Å²) >= 11 is 0. The molecule has 0 radical (unpaired) electrons. The molecule has 3 fully saturated rings. The monoisotopic (exact) mass is 342 g/mol. The van der Waals surface area contributed by atoms with Gasteiger partial charge in [0, 0.05) is 22.8 Å². The van der Waals surface area contributed by atoms with Crippen molar-refractivity contribution < 1.29 is 4.43 Å². The standard InChI is InChI=1S/C22H34OSi/c1-8-11-22(14-15-22)17-10-13-21(6)18-16(9-12-20(17,21)5)24(7,23-18)19(2,3)4/h1,10,16,18H,9,11-15H2,2-7H3/t16?,18-,20+,21-,24?/m0/s1. The van der Waals surface area contributed by atoms with Gasteiger partial charge in [0.05, 0.1) is 6.10 Å². The molecule has 0 aromatic rings. The lowest BCUT2D eigenvalue weighted by molar-refractivity contribution is -0.105. The molecule has 1 aliphatic heterocycles. The molecule has 2 heteroatoms. The van der Waals surface area contributed by atoms with Crippen molar-refractivity contribution in [2.45, 2.75) is 96.4 Å². The quantitative estimate of drug-likeness (QED) is 0.336. The van der Waals surface area contributed by atoms with Crippen molar-refractivity contribution in [1.82, 2.24) is 0 Å². The number of hydrogen-bond donors (Lipinski definition) is 0. The first-order valence-corrected chi connectivity index (χ1v) is 12.4. The van der Waals surface area contributed by atoms with Gasteiger partial charge in [-0.25, -0.2) is 0 Å². The van der Waals surface area contributed by atoms with E-state index in [2.05, 4.69) is 53.2 Å². The molecule has 4 aliphatic rings. The molecule has 24 heavy (non-hydrogen) atoms. The van der Waals surface area contributed by atoms with Crippen LogP contribution in [0.2, 0.25) is 17.1 Å². The number of rotatable bonds is 2. The predicted molar refractivity (Wildman–Crippen MR) is 103 cm³/mol. The van der Waals surface area contributed by atoms with Crippen LogP contribution in [-0.4, -0.2) is 14.4 Å². The third-order valence-electron chi connectivity index (χ3n) is 8.97. The summed E-state index contributed by atoms with van der Waals surface area (Å²) < 4.78 is 6.88. The SMILES string of the molecule is C#CCC1(C2=CC[C@@]3(C)[C@H]4O[Si](C)(C(C)(C)C)C4CC[C@]23C)CC1. The van der Waals surface area contributed by atoms with E-state index < -0.39 is 8.32 Å². The molecule has 2 saturated carbocycles. The lowest BCUT2D eigenvalue weighted by Crippen LogP contribution is -2.71. The minimum absolute atomic E-state index is 0.285. The van der Waals surface area contributed by atoms with Crippen LogP contribution in [0, 0.1) is 28.6 Å². The predicted octanol–water partition coefficient (Wildman–Crippen LogP) is 6.07. The first kappa shape index (κ1) is 16.9. The van der Waals surface area contributed by atoms with Crippen LogP contribution in [0.15, 0.2) is 11.6 Å². The Morgan fingerprint density at radius 1 is 1.29 bits per heavy atom. The fourth-order valence-corrected chi connectivity index (χ4v) is 10.5. The molecule has 1 heterocycles. The van der Waals surface area contributed by atoms with Crippen molar-refractivity contribution in [2.75, 3.05) is 0 Å². The highest BCUT2D eigenvalue weighted by Crippen LogP contribution is 2.76. The largest absolute Gasteiger partial charge is 0.413 e. The first-order chi connectivity index (χ1) is 11.0. The summed E-state index contributed by atoms with van der Waals surface area (Å²) in [6.45, 7) is 14.7. The van der Waals surface area contributed by atoms with Gasteiger partial charge in [-0.15, -0.1) is 12.3 Å². The summed E-state index contributed by atoms with van der Waals surface area (Å²) in [5.41, 5.74) is 3.49. The Morgan fingerprint density at radius 3 is 2.50 bits per heavy atom. The van der Waals surface area contributed by atoms with Crippen molar-refractivity contribution in [2.24, 2.45) is 16.2 Å². The van der Waals surface area contributed by atoms with Gasteiger partial charge in [0.25, 0.3) is 0 Å². The van der Waals surface area contributed by atoms with E-state index >= 15 is 0 Å². The zero-order valence-corrected chi connectivity index (χ0v) is 17.5. The number of allylic oxidation sites excluding steroid dienone is 2. The van der Waals surface area contributed by atoms with Gasteiger partial charge in [-0.1, -0.05) is 46.3 Å². The first-order valence-electron chi connectivity index (χ1n) is 9.87. The van der Waals surface area contributed by atoms with E-state index in [1.165, 1.54) is 32.1 Å². The zero-order chi connectivity index (χ0) is 17.6. The third kappa shape index (κ3) is 1.76. The Bertz CT molecular complexity index is 646. The van der Waals surface area contributed by atoms with E-state index in [4.69, 9.17) is 10.8 Å². The molecule has 1 saturated heterocycles. The molecule has 0 spiro atoms. The maximum Gasteiger partial charge on any atom is 0.201 e. The van der Waals surface area contributed by atoms with E-state index in [-0.39, 0.29) is 5.41 Å². The van der Waals surface area contributed by atoms with Crippen molar-refractivity contribution in [1.29, 1.82) is 0 Å². The van der Waals surface area contributed by atoms with E-state index in [9.17, 15) is 0 Å². The Balaban J connectivity index is 1.65. The summed E-state index contributed by atoms with van der Waals surface area (Å²) in [5, 5.41) is 0.342. The minimum Gasteiger partial charge on any atom is -0.413 e. The molecule has 3 aliphatic carbocycles. The highest BCUT2D eigenvalue weighted by Gasteiger charge is 2.72. The van der Waals surface area contributed by atoms with Crippen LogP contribution in [0.1, 0.15) is 73.1 Å². The second-order valence-electron chi connectivity index (χ2n) is 10.8. The Labute approximate surface area is 149 Å². The fraction of sp³-hybridized carbons (Fsp3) is 0.818. The molecule has 2 unspecified atom stereocenters. The second kappa shape index (κ2) is 4.60. The van der Waals surface area contributed by atoms with E-state index in [1.807, 2.05) is 0 Å². The Hall–Kier alpha value is -0.523. The van der Waals surface area contributed by atoms with Gasteiger partial charge in [0.2, 0.25) is 8.32 Å². The van der Waals surface area contributed by atoms with Crippen molar-refractivity contribution in [3.63, 3.8) is 0 Å². The second-order valence-corrected chi connectivity index (χ2v) is 15.5. The van der Waals surface area contributed by atoms with Gasteiger partial charge in [-0.05, 0) is 49.1 Å². The molecule has 0 N–H and O–H groups in total. The Kier molecular flexibility index (Phi) is 3.24. The topological polar surface area (TPSA) is 9.23 Å². The lowest BCUT2D eigenvalue weighted by Gasteiger charge is -2.68. The highest BCUT2D eigenvalue weighted by atomic mass is 28.4. The van der Waals surface area contributed by atoms with Gasteiger partial charge in [0.1, 0.15) is 0 Å². The van der Waals surface area contributed by atoms with Gasteiger partial charge in [-0.3, -0.25) is 0 Å². The normalized spacial score (nSPS) is 48.6. The molecule has 0 aromatic heterocycles. The molecule has 132 valence electrons. The lowest BCUT2D eigenvalue weighted by atomic mass is 9.53. The number of hydrogen-bond acceptors (Lipinski definition) is 1. The molecule has 1 nitrogen and oxygen atoms in total. The van der Waals surface area contributed by atoms with Gasteiger partial charge in [0.15, 0.2) is 0 Å². The minimum atomic E-state index is -1.62. The van der Waals surface area contributed by atoms with Crippen LogP contribution in [0.5, 0.6) is 0 Å². The maximum absolute atomic E-state index is 6.88. The Morgan fingerprint density at radius 2 is 1.96 bits per heavy atom. The fourth-order valence-electron chi connectivity index (χ4n) is 6.44. The summed E-state index contributed by atoms with van der Waals surface area (Å²) in [5.74, 6) is 2.97. The van der Waals surface area contributed by atoms with Gasteiger partial charge < -0.3 is 4.43 Å². The molecule has 0 bridgehead atoms. The molecule has 0 aromatic carbocycles. The third-order valence-corrected chi connectivity index (χ3v) is 14.7. The van der Waals surface area contributed by atoms with Crippen LogP contribution in [-0.2, 0) is 4.43 Å². The molecular weight excluding hydrogens is 308 g/mol. The van der Waals surface area contributed by atoms with Crippen LogP contribution < -0.4 is 0 Å². The summed E-state index contributed by atoms with van der Waals surface area (Å²) in [7, 11) is -1.62. The zero-order valence-electron chi connectivity index (χ0n) is 16.5. The van der Waals surface area contributed by atoms with Crippen molar-refractivity contribution in [3.8, 4) is 12.3 Å². The molecule has 4 rings (SSSR count). The van der Waals surface area contributed by atoms with Gasteiger partial charge >= 0.3 is 0 Å². The van der Waals surface area contributed by atoms with Crippen molar-refractivity contribution in [3.05, 3.63) is 11.6 Å². The summed E-state index contributed by atoms with van der Waals surface area (Å²) in [6, 6.07) is 0. The smallest absolute Gasteiger partial charge is 0.201 e. The average molecular weight is 343 g/mol. The van der Waals surface area contributed by atoms with Crippen LogP contribution in [0.4, 0.5) is 0 Å². The van der Waals surface area contributed by atoms with Crippen LogP contribution >= 0.6 is 0 Å². The summed E-state index contributed by atoms with van der Waals surface area (Å²) in [4.78, 5) is 0. The molecule has 0 amide bonds. The van der Waals surface area contributed by atoms with Crippen LogP contribution in [0.3, 0.4) is 0 Å². The highest BCUT2D eigenvalue weighted by molar-refractivity contribution is 6.79.